The minimum Gasteiger partial charge on any atom is -0.394 e. The fraction of sp³-hybridized carbons (Fsp3) is 0.692. The summed E-state index contributed by atoms with van der Waals surface area (Å²) >= 11 is 0. The van der Waals surface area contributed by atoms with Crippen molar-refractivity contribution in [2.24, 2.45) is 0 Å². The fourth-order valence-corrected chi connectivity index (χ4v) is 2.13. The zero-order chi connectivity index (χ0) is 13.5. The molecule has 0 spiro atoms. The van der Waals surface area contributed by atoms with E-state index in [0.29, 0.717) is 13.1 Å². The SMILES string of the molecule is CCCN(CC#N)Cc1c(C)nn(CCO)c1C. The predicted molar refractivity (Wildman–Crippen MR) is 70.0 cm³/mol. The average Bonchev–Trinajstić information content (AvgIpc) is 2.58. The van der Waals surface area contributed by atoms with E-state index in [-0.39, 0.29) is 6.61 Å². The molecule has 0 amide bonds. The molecule has 0 atom stereocenters. The van der Waals surface area contributed by atoms with Gasteiger partial charge in [0.15, 0.2) is 0 Å². The maximum atomic E-state index is 8.98. The van der Waals surface area contributed by atoms with Gasteiger partial charge in [-0.3, -0.25) is 9.58 Å². The molecule has 0 aliphatic carbocycles. The van der Waals surface area contributed by atoms with Crippen LogP contribution in [0.25, 0.3) is 0 Å². The summed E-state index contributed by atoms with van der Waals surface area (Å²) in [6, 6.07) is 2.20. The van der Waals surface area contributed by atoms with Gasteiger partial charge in [-0.15, -0.1) is 0 Å². The average molecular weight is 250 g/mol. The Morgan fingerprint density at radius 1 is 1.44 bits per heavy atom. The summed E-state index contributed by atoms with van der Waals surface area (Å²) in [4.78, 5) is 2.13. The molecule has 1 aromatic heterocycles. The quantitative estimate of drug-likeness (QED) is 0.739. The summed E-state index contributed by atoms with van der Waals surface area (Å²) in [5, 5.41) is 22.2. The summed E-state index contributed by atoms with van der Waals surface area (Å²) < 4.78 is 1.83. The number of aromatic nitrogens is 2. The van der Waals surface area contributed by atoms with Gasteiger partial charge < -0.3 is 5.11 Å². The Kier molecular flexibility index (Phi) is 5.83. The third-order valence-electron chi connectivity index (χ3n) is 3.06. The van der Waals surface area contributed by atoms with Crippen molar-refractivity contribution in [3.8, 4) is 6.07 Å². The molecule has 0 unspecified atom stereocenters. The zero-order valence-corrected chi connectivity index (χ0v) is 11.5. The maximum Gasteiger partial charge on any atom is 0.0868 e. The molecule has 0 aromatic carbocycles. The van der Waals surface area contributed by atoms with Gasteiger partial charge in [-0.05, 0) is 26.8 Å². The van der Waals surface area contributed by atoms with Crippen molar-refractivity contribution < 1.29 is 5.11 Å². The van der Waals surface area contributed by atoms with Crippen molar-refractivity contribution >= 4 is 0 Å². The molecule has 0 fully saturated rings. The first-order valence-electron chi connectivity index (χ1n) is 6.37. The van der Waals surface area contributed by atoms with Crippen LogP contribution in [0.3, 0.4) is 0 Å². The number of rotatable bonds is 7. The van der Waals surface area contributed by atoms with Crippen LogP contribution in [0, 0.1) is 25.2 Å². The Labute approximate surface area is 109 Å². The van der Waals surface area contributed by atoms with E-state index < -0.39 is 0 Å². The first-order chi connectivity index (χ1) is 8.63. The first-order valence-corrected chi connectivity index (χ1v) is 6.37. The smallest absolute Gasteiger partial charge is 0.0868 e. The van der Waals surface area contributed by atoms with Crippen molar-refractivity contribution in [2.45, 2.75) is 40.3 Å². The van der Waals surface area contributed by atoms with Crippen LogP contribution in [-0.2, 0) is 13.1 Å². The standard InChI is InChI=1S/C13H22N4O/c1-4-6-16(7-5-14)10-13-11(2)15-17(8-9-18)12(13)3/h18H,4,6-10H2,1-3H3. The molecule has 1 N–H and O–H groups in total. The molecule has 18 heavy (non-hydrogen) atoms. The van der Waals surface area contributed by atoms with Gasteiger partial charge in [0, 0.05) is 17.8 Å². The first kappa shape index (κ1) is 14.7. The Morgan fingerprint density at radius 2 is 2.17 bits per heavy atom. The van der Waals surface area contributed by atoms with Crippen LogP contribution in [0.15, 0.2) is 0 Å². The zero-order valence-electron chi connectivity index (χ0n) is 11.5. The highest BCUT2D eigenvalue weighted by molar-refractivity contribution is 5.24. The predicted octanol–water partition coefficient (Wildman–Crippen LogP) is 1.23. The number of aryl methyl sites for hydroxylation is 1. The summed E-state index contributed by atoms with van der Waals surface area (Å²) in [6.07, 6.45) is 1.03. The molecule has 1 aromatic rings. The molecule has 1 heterocycles. The van der Waals surface area contributed by atoms with Crippen LogP contribution >= 0.6 is 0 Å². The third kappa shape index (κ3) is 3.56. The Balaban J connectivity index is 2.85. The molecule has 5 nitrogen and oxygen atoms in total. The molecule has 1 rings (SSSR count). The molecule has 0 saturated heterocycles. The lowest BCUT2D eigenvalue weighted by Gasteiger charge is -2.18. The van der Waals surface area contributed by atoms with Crippen molar-refractivity contribution in [1.29, 1.82) is 5.26 Å². The number of hydrogen-bond donors (Lipinski definition) is 1. The van der Waals surface area contributed by atoms with E-state index in [4.69, 9.17) is 10.4 Å². The van der Waals surface area contributed by atoms with Crippen LogP contribution in [0.1, 0.15) is 30.3 Å². The van der Waals surface area contributed by atoms with E-state index in [1.807, 2.05) is 18.5 Å². The number of nitriles is 1. The lowest BCUT2D eigenvalue weighted by Crippen LogP contribution is -2.25. The number of aliphatic hydroxyl groups is 1. The monoisotopic (exact) mass is 250 g/mol. The molecule has 0 aliphatic rings. The van der Waals surface area contributed by atoms with E-state index in [1.165, 1.54) is 5.56 Å². The van der Waals surface area contributed by atoms with Gasteiger partial charge in [0.2, 0.25) is 0 Å². The van der Waals surface area contributed by atoms with Gasteiger partial charge in [-0.2, -0.15) is 10.4 Å². The van der Waals surface area contributed by atoms with Crippen LogP contribution in [0.5, 0.6) is 0 Å². The van der Waals surface area contributed by atoms with Crippen LogP contribution in [0.2, 0.25) is 0 Å². The van der Waals surface area contributed by atoms with Crippen molar-refractivity contribution in [2.75, 3.05) is 19.7 Å². The second kappa shape index (κ2) is 7.14. The molecule has 0 bridgehead atoms. The Bertz CT molecular complexity index is 419. The fourth-order valence-electron chi connectivity index (χ4n) is 2.13. The van der Waals surface area contributed by atoms with Gasteiger partial charge in [0.25, 0.3) is 0 Å². The summed E-state index contributed by atoms with van der Waals surface area (Å²) in [6.45, 7) is 8.84. The number of aliphatic hydroxyl groups excluding tert-OH is 1. The lowest BCUT2D eigenvalue weighted by molar-refractivity contribution is 0.267. The molecular formula is C13H22N4O. The van der Waals surface area contributed by atoms with Gasteiger partial charge >= 0.3 is 0 Å². The van der Waals surface area contributed by atoms with Crippen LogP contribution in [-0.4, -0.2) is 39.5 Å². The molecular weight excluding hydrogens is 228 g/mol. The summed E-state index contributed by atoms with van der Waals surface area (Å²) in [5.41, 5.74) is 3.24. The minimum atomic E-state index is 0.0955. The molecule has 100 valence electrons. The normalized spacial score (nSPS) is 10.9. The van der Waals surface area contributed by atoms with E-state index >= 15 is 0 Å². The van der Waals surface area contributed by atoms with E-state index in [1.54, 1.807) is 0 Å². The molecule has 0 aliphatic heterocycles. The highest BCUT2D eigenvalue weighted by Gasteiger charge is 2.14. The topological polar surface area (TPSA) is 65.1 Å². The van der Waals surface area contributed by atoms with Crippen LogP contribution in [0.4, 0.5) is 0 Å². The second-order valence-electron chi connectivity index (χ2n) is 4.46. The lowest BCUT2D eigenvalue weighted by atomic mass is 10.2. The third-order valence-corrected chi connectivity index (χ3v) is 3.06. The summed E-state index contributed by atoms with van der Waals surface area (Å²) in [5.74, 6) is 0. The van der Waals surface area contributed by atoms with Gasteiger partial charge in [-0.1, -0.05) is 6.92 Å². The Hall–Kier alpha value is -1.38. The van der Waals surface area contributed by atoms with Gasteiger partial charge in [0.05, 0.1) is 31.5 Å². The van der Waals surface area contributed by atoms with Crippen LogP contribution < -0.4 is 0 Å². The molecule has 0 radical (unpaired) electrons. The largest absolute Gasteiger partial charge is 0.394 e. The van der Waals surface area contributed by atoms with Crippen molar-refractivity contribution in [3.63, 3.8) is 0 Å². The molecule has 5 heteroatoms. The van der Waals surface area contributed by atoms with E-state index in [9.17, 15) is 0 Å². The second-order valence-corrected chi connectivity index (χ2v) is 4.46. The summed E-state index contributed by atoms with van der Waals surface area (Å²) in [7, 11) is 0. The van der Waals surface area contributed by atoms with Crippen molar-refractivity contribution in [3.05, 3.63) is 17.0 Å². The minimum absolute atomic E-state index is 0.0955. The Morgan fingerprint density at radius 3 is 2.72 bits per heavy atom. The number of hydrogen-bond acceptors (Lipinski definition) is 4. The maximum absolute atomic E-state index is 8.98. The number of nitrogens with zero attached hydrogens (tertiary/aromatic N) is 4. The highest BCUT2D eigenvalue weighted by atomic mass is 16.3. The van der Waals surface area contributed by atoms with E-state index in [0.717, 1.165) is 30.9 Å². The van der Waals surface area contributed by atoms with Gasteiger partial charge in [0.1, 0.15) is 0 Å². The highest BCUT2D eigenvalue weighted by Crippen LogP contribution is 2.15. The van der Waals surface area contributed by atoms with Gasteiger partial charge in [-0.25, -0.2) is 0 Å². The molecule has 0 saturated carbocycles. The van der Waals surface area contributed by atoms with E-state index in [2.05, 4.69) is 23.0 Å². The van der Waals surface area contributed by atoms with Crippen molar-refractivity contribution in [1.82, 2.24) is 14.7 Å².